The lowest BCUT2D eigenvalue weighted by Gasteiger charge is -2.22. The molecule has 0 bridgehead atoms. The number of nitrogens with one attached hydrogen (secondary N) is 1. The van der Waals surface area contributed by atoms with Gasteiger partial charge in [0.15, 0.2) is 11.5 Å². The Morgan fingerprint density at radius 1 is 0.963 bits per heavy atom. The van der Waals surface area contributed by atoms with Crippen LogP contribution in [0.15, 0.2) is 60.8 Å². The van der Waals surface area contributed by atoms with Crippen LogP contribution in [0.3, 0.4) is 0 Å². The van der Waals surface area contributed by atoms with Crippen LogP contribution < -0.4 is 19.7 Å². The maximum Gasteiger partial charge on any atom is 0.224 e. The number of anilines is 3. The highest BCUT2D eigenvalue weighted by Crippen LogP contribution is 2.28. The lowest BCUT2D eigenvalue weighted by atomic mass is 10.2. The van der Waals surface area contributed by atoms with Gasteiger partial charge in [-0.15, -0.1) is 0 Å². The summed E-state index contributed by atoms with van der Waals surface area (Å²) in [6, 6.07) is 17.9. The van der Waals surface area contributed by atoms with E-state index >= 15 is 0 Å². The van der Waals surface area contributed by atoms with Gasteiger partial charge in [0.25, 0.3) is 0 Å². The summed E-state index contributed by atoms with van der Waals surface area (Å²) in [6.07, 6.45) is 1.77. The minimum absolute atomic E-state index is 0.580. The van der Waals surface area contributed by atoms with Crippen molar-refractivity contribution in [2.45, 2.75) is 13.5 Å². The lowest BCUT2D eigenvalue weighted by Crippen LogP contribution is -2.18. The molecule has 0 aliphatic rings. The summed E-state index contributed by atoms with van der Waals surface area (Å²) >= 11 is 0. The van der Waals surface area contributed by atoms with Crippen LogP contribution in [0.2, 0.25) is 0 Å². The molecule has 3 rings (SSSR count). The highest BCUT2D eigenvalue weighted by atomic mass is 16.5. The van der Waals surface area contributed by atoms with Crippen LogP contribution in [0, 0.1) is 0 Å². The fraction of sp³-hybridized carbons (Fsp3) is 0.238. The minimum Gasteiger partial charge on any atom is -0.493 e. The van der Waals surface area contributed by atoms with Gasteiger partial charge in [0.05, 0.1) is 14.2 Å². The van der Waals surface area contributed by atoms with E-state index in [0.717, 1.165) is 23.6 Å². The first-order valence-electron chi connectivity index (χ1n) is 8.85. The van der Waals surface area contributed by atoms with Gasteiger partial charge in [-0.3, -0.25) is 0 Å². The number of hydrogen-bond donors (Lipinski definition) is 1. The molecule has 0 saturated heterocycles. The fourth-order valence-electron chi connectivity index (χ4n) is 2.84. The first-order valence-corrected chi connectivity index (χ1v) is 8.85. The van der Waals surface area contributed by atoms with Gasteiger partial charge in [-0.05, 0) is 42.8 Å². The molecular formula is C21H24N4O2. The Kier molecular flexibility index (Phi) is 6.10. The number of para-hydroxylation sites is 1. The number of benzene rings is 2. The van der Waals surface area contributed by atoms with Crippen LogP contribution in [-0.2, 0) is 6.54 Å². The van der Waals surface area contributed by atoms with E-state index in [0.29, 0.717) is 24.0 Å². The molecular weight excluding hydrogens is 340 g/mol. The quantitative estimate of drug-likeness (QED) is 0.644. The molecule has 0 aliphatic heterocycles. The van der Waals surface area contributed by atoms with Gasteiger partial charge < -0.3 is 19.7 Å². The highest BCUT2D eigenvalue weighted by molar-refractivity contribution is 5.60. The maximum absolute atomic E-state index is 5.35. The normalized spacial score (nSPS) is 10.3. The molecule has 1 heterocycles. The number of hydrogen-bond acceptors (Lipinski definition) is 6. The van der Waals surface area contributed by atoms with Crippen molar-refractivity contribution in [2.24, 2.45) is 0 Å². The second-order valence-corrected chi connectivity index (χ2v) is 5.86. The largest absolute Gasteiger partial charge is 0.493 e. The summed E-state index contributed by atoms with van der Waals surface area (Å²) in [5.74, 6) is 2.85. The van der Waals surface area contributed by atoms with Crippen molar-refractivity contribution in [3.05, 3.63) is 66.4 Å². The third-order valence-electron chi connectivity index (χ3n) is 4.20. The minimum atomic E-state index is 0.580. The average molecular weight is 364 g/mol. The van der Waals surface area contributed by atoms with Crippen LogP contribution >= 0.6 is 0 Å². The van der Waals surface area contributed by atoms with E-state index in [1.54, 1.807) is 20.4 Å². The summed E-state index contributed by atoms with van der Waals surface area (Å²) in [5.41, 5.74) is 2.15. The number of rotatable bonds is 8. The Morgan fingerprint density at radius 2 is 1.74 bits per heavy atom. The Morgan fingerprint density at radius 3 is 2.44 bits per heavy atom. The summed E-state index contributed by atoms with van der Waals surface area (Å²) < 4.78 is 10.6. The fourth-order valence-corrected chi connectivity index (χ4v) is 2.84. The zero-order chi connectivity index (χ0) is 19.1. The summed E-state index contributed by atoms with van der Waals surface area (Å²) in [6.45, 7) is 3.50. The van der Waals surface area contributed by atoms with Crippen molar-refractivity contribution < 1.29 is 9.47 Å². The molecule has 0 spiro atoms. The molecule has 6 nitrogen and oxygen atoms in total. The van der Waals surface area contributed by atoms with Crippen molar-refractivity contribution in [3.8, 4) is 11.5 Å². The van der Waals surface area contributed by atoms with Crippen molar-refractivity contribution in [1.29, 1.82) is 0 Å². The van der Waals surface area contributed by atoms with Crippen LogP contribution in [0.5, 0.6) is 11.5 Å². The highest BCUT2D eigenvalue weighted by Gasteiger charge is 2.10. The SMILES string of the molecule is CCN(c1ccccc1)c1ccnc(NCc2ccc(OC)c(OC)c2)n1. The van der Waals surface area contributed by atoms with E-state index in [-0.39, 0.29) is 0 Å². The van der Waals surface area contributed by atoms with Crippen LogP contribution in [-0.4, -0.2) is 30.7 Å². The van der Waals surface area contributed by atoms with E-state index in [2.05, 4.69) is 39.2 Å². The van der Waals surface area contributed by atoms with Gasteiger partial charge in [-0.1, -0.05) is 24.3 Å². The molecule has 0 fully saturated rings. The zero-order valence-corrected chi connectivity index (χ0v) is 15.8. The molecule has 0 aliphatic carbocycles. The van der Waals surface area contributed by atoms with Gasteiger partial charge in [-0.25, -0.2) is 4.98 Å². The molecule has 0 unspecified atom stereocenters. The number of methoxy groups -OCH3 is 2. The third-order valence-corrected chi connectivity index (χ3v) is 4.20. The van der Waals surface area contributed by atoms with Crippen LogP contribution in [0.4, 0.5) is 17.5 Å². The van der Waals surface area contributed by atoms with E-state index in [1.807, 2.05) is 42.5 Å². The van der Waals surface area contributed by atoms with E-state index < -0.39 is 0 Å². The number of ether oxygens (including phenoxy) is 2. The van der Waals surface area contributed by atoms with E-state index in [9.17, 15) is 0 Å². The molecule has 1 N–H and O–H groups in total. The number of aromatic nitrogens is 2. The standard InChI is InChI=1S/C21H24N4O2/c1-4-25(17-8-6-5-7-9-17)20-12-13-22-21(24-20)23-15-16-10-11-18(26-2)19(14-16)27-3/h5-14H,4,15H2,1-3H3,(H,22,23,24). The van der Waals surface area contributed by atoms with Crippen molar-refractivity contribution >= 4 is 17.5 Å². The molecule has 0 atom stereocenters. The van der Waals surface area contributed by atoms with Gasteiger partial charge in [0, 0.05) is 25.0 Å². The predicted molar refractivity (Wildman–Crippen MR) is 108 cm³/mol. The van der Waals surface area contributed by atoms with Crippen LogP contribution in [0.25, 0.3) is 0 Å². The molecule has 2 aromatic carbocycles. The van der Waals surface area contributed by atoms with E-state index in [4.69, 9.17) is 9.47 Å². The molecule has 27 heavy (non-hydrogen) atoms. The summed E-state index contributed by atoms with van der Waals surface area (Å²) in [5, 5.41) is 3.28. The summed E-state index contributed by atoms with van der Waals surface area (Å²) in [4.78, 5) is 11.1. The van der Waals surface area contributed by atoms with Crippen molar-refractivity contribution in [1.82, 2.24) is 9.97 Å². The Hall–Kier alpha value is -3.28. The zero-order valence-electron chi connectivity index (χ0n) is 15.8. The van der Waals surface area contributed by atoms with Crippen molar-refractivity contribution in [2.75, 3.05) is 31.0 Å². The third kappa shape index (κ3) is 4.47. The van der Waals surface area contributed by atoms with E-state index in [1.165, 1.54) is 0 Å². The second kappa shape index (κ2) is 8.89. The molecule has 0 amide bonds. The van der Waals surface area contributed by atoms with Gasteiger partial charge in [0.1, 0.15) is 5.82 Å². The predicted octanol–water partition coefficient (Wildman–Crippen LogP) is 4.26. The first kappa shape index (κ1) is 18.5. The second-order valence-electron chi connectivity index (χ2n) is 5.86. The van der Waals surface area contributed by atoms with Crippen LogP contribution in [0.1, 0.15) is 12.5 Å². The van der Waals surface area contributed by atoms with Gasteiger partial charge in [-0.2, -0.15) is 4.98 Å². The average Bonchev–Trinajstić information content (AvgIpc) is 2.73. The lowest BCUT2D eigenvalue weighted by molar-refractivity contribution is 0.354. The molecule has 1 aromatic heterocycles. The summed E-state index contributed by atoms with van der Waals surface area (Å²) in [7, 11) is 3.26. The van der Waals surface area contributed by atoms with Crippen molar-refractivity contribution in [3.63, 3.8) is 0 Å². The number of nitrogens with zero attached hydrogens (tertiary/aromatic N) is 3. The van der Waals surface area contributed by atoms with Gasteiger partial charge in [0.2, 0.25) is 5.95 Å². The van der Waals surface area contributed by atoms with Gasteiger partial charge >= 0.3 is 0 Å². The molecule has 0 saturated carbocycles. The molecule has 6 heteroatoms. The molecule has 0 radical (unpaired) electrons. The Labute approximate surface area is 159 Å². The Balaban J connectivity index is 1.74. The Bertz CT molecular complexity index is 871. The topological polar surface area (TPSA) is 59.5 Å². The monoisotopic (exact) mass is 364 g/mol. The first-order chi connectivity index (χ1) is 13.2. The molecule has 3 aromatic rings. The smallest absolute Gasteiger partial charge is 0.224 e. The molecule has 140 valence electrons. The maximum atomic E-state index is 5.35.